The van der Waals surface area contributed by atoms with E-state index >= 15 is 0 Å². The summed E-state index contributed by atoms with van der Waals surface area (Å²) in [6, 6.07) is 8.55. The van der Waals surface area contributed by atoms with Crippen LogP contribution < -0.4 is 11.1 Å². The Balaban J connectivity index is 2.26. The maximum atomic E-state index is 5.96. The first-order valence-electron chi connectivity index (χ1n) is 7.04. The Morgan fingerprint density at radius 2 is 2.00 bits per heavy atom. The van der Waals surface area contributed by atoms with Crippen molar-refractivity contribution in [1.29, 1.82) is 0 Å². The zero-order chi connectivity index (χ0) is 14.5. The first-order chi connectivity index (χ1) is 9.63. The molecule has 2 rings (SSSR count). The topological polar surface area (TPSA) is 63.8 Å². The molecule has 0 aliphatic carbocycles. The predicted octanol–water partition coefficient (Wildman–Crippen LogP) is 3.49. The van der Waals surface area contributed by atoms with Crippen LogP contribution in [0.1, 0.15) is 43.0 Å². The summed E-state index contributed by atoms with van der Waals surface area (Å²) in [6.07, 6.45) is 3.42. The normalized spacial score (nSPS) is 12.2. The molecule has 4 heteroatoms. The molecule has 0 fully saturated rings. The molecule has 0 radical (unpaired) electrons. The number of hydrogen-bond donors (Lipinski definition) is 2. The molecule has 0 bridgehead atoms. The highest BCUT2D eigenvalue weighted by molar-refractivity contribution is 5.56. The van der Waals surface area contributed by atoms with Crippen molar-refractivity contribution in [3.8, 4) is 0 Å². The van der Waals surface area contributed by atoms with Crippen molar-refractivity contribution in [1.82, 2.24) is 9.97 Å². The Hall–Kier alpha value is -2.10. The Bertz CT molecular complexity index is 580. The van der Waals surface area contributed by atoms with E-state index in [4.69, 9.17) is 5.73 Å². The second-order valence-corrected chi connectivity index (χ2v) is 5.06. The molecule has 3 N–H and O–H groups in total. The molecule has 2 aromatic rings. The number of nitrogen functional groups attached to an aromatic ring is 1. The molecule has 0 aliphatic rings. The van der Waals surface area contributed by atoms with E-state index in [1.165, 1.54) is 17.5 Å². The summed E-state index contributed by atoms with van der Waals surface area (Å²) in [5.74, 6) is 1.41. The fourth-order valence-electron chi connectivity index (χ4n) is 2.40. The lowest BCUT2D eigenvalue weighted by Gasteiger charge is -2.19. The number of rotatable bonds is 5. The van der Waals surface area contributed by atoms with E-state index in [9.17, 15) is 0 Å². The monoisotopic (exact) mass is 270 g/mol. The standard InChI is InChI=1S/C16H22N4/c1-4-7-14-15(17)18-10-19-16(14)20-12(3)13-9-6-5-8-11(13)2/h5-6,8-10,12H,4,7H2,1-3H3,(H3,17,18,19,20). The van der Waals surface area contributed by atoms with Gasteiger partial charge in [0.25, 0.3) is 0 Å². The molecular weight excluding hydrogens is 248 g/mol. The van der Waals surface area contributed by atoms with Crippen LogP contribution in [0.5, 0.6) is 0 Å². The van der Waals surface area contributed by atoms with Gasteiger partial charge in [0, 0.05) is 5.56 Å². The summed E-state index contributed by atoms with van der Waals surface area (Å²) in [6.45, 7) is 6.38. The highest BCUT2D eigenvalue weighted by Crippen LogP contribution is 2.25. The highest BCUT2D eigenvalue weighted by atomic mass is 15.1. The van der Waals surface area contributed by atoms with Gasteiger partial charge in [0.05, 0.1) is 6.04 Å². The van der Waals surface area contributed by atoms with Gasteiger partial charge in [-0.25, -0.2) is 9.97 Å². The summed E-state index contributed by atoms with van der Waals surface area (Å²) < 4.78 is 0. The molecule has 4 nitrogen and oxygen atoms in total. The molecule has 1 aromatic carbocycles. The van der Waals surface area contributed by atoms with Crippen LogP contribution in [0.2, 0.25) is 0 Å². The molecular formula is C16H22N4. The van der Waals surface area contributed by atoms with Gasteiger partial charge in [0.1, 0.15) is 18.0 Å². The summed E-state index contributed by atoms with van der Waals surface area (Å²) in [7, 11) is 0. The van der Waals surface area contributed by atoms with Gasteiger partial charge in [-0.1, -0.05) is 37.6 Å². The van der Waals surface area contributed by atoms with Gasteiger partial charge in [0.15, 0.2) is 0 Å². The van der Waals surface area contributed by atoms with E-state index in [0.29, 0.717) is 5.82 Å². The van der Waals surface area contributed by atoms with Gasteiger partial charge >= 0.3 is 0 Å². The Morgan fingerprint density at radius 1 is 1.25 bits per heavy atom. The van der Waals surface area contributed by atoms with Gasteiger partial charge in [0.2, 0.25) is 0 Å². The lowest BCUT2D eigenvalue weighted by atomic mass is 10.0. The van der Waals surface area contributed by atoms with Crippen LogP contribution in [0.3, 0.4) is 0 Å². The molecule has 20 heavy (non-hydrogen) atoms. The number of aryl methyl sites for hydroxylation is 1. The summed E-state index contributed by atoms with van der Waals surface area (Å²) in [4.78, 5) is 8.43. The van der Waals surface area contributed by atoms with E-state index < -0.39 is 0 Å². The van der Waals surface area contributed by atoms with Crippen LogP contribution in [0, 0.1) is 6.92 Å². The van der Waals surface area contributed by atoms with Crippen molar-refractivity contribution >= 4 is 11.6 Å². The number of anilines is 2. The third kappa shape index (κ3) is 3.07. The molecule has 1 atom stereocenters. The van der Waals surface area contributed by atoms with E-state index in [2.05, 4.69) is 60.3 Å². The summed E-state index contributed by atoms with van der Waals surface area (Å²) >= 11 is 0. The second kappa shape index (κ2) is 6.37. The predicted molar refractivity (Wildman–Crippen MR) is 83.7 cm³/mol. The van der Waals surface area contributed by atoms with Crippen molar-refractivity contribution < 1.29 is 0 Å². The number of hydrogen-bond acceptors (Lipinski definition) is 4. The summed E-state index contributed by atoms with van der Waals surface area (Å²) in [5, 5.41) is 3.46. The number of nitrogens with two attached hydrogens (primary N) is 1. The largest absolute Gasteiger partial charge is 0.383 e. The lowest BCUT2D eigenvalue weighted by Crippen LogP contribution is -2.13. The smallest absolute Gasteiger partial charge is 0.135 e. The molecule has 1 aromatic heterocycles. The van der Waals surface area contributed by atoms with Gasteiger partial charge in [-0.3, -0.25) is 0 Å². The average Bonchev–Trinajstić information content (AvgIpc) is 2.43. The van der Waals surface area contributed by atoms with E-state index in [1.807, 2.05) is 0 Å². The molecule has 0 amide bonds. The third-order valence-electron chi connectivity index (χ3n) is 3.49. The number of aromatic nitrogens is 2. The molecule has 0 aliphatic heterocycles. The van der Waals surface area contributed by atoms with Gasteiger partial charge < -0.3 is 11.1 Å². The fraction of sp³-hybridized carbons (Fsp3) is 0.375. The Kier molecular flexibility index (Phi) is 4.56. The summed E-state index contributed by atoms with van der Waals surface area (Å²) in [5.41, 5.74) is 9.51. The van der Waals surface area contributed by atoms with Crippen LogP contribution in [0.4, 0.5) is 11.6 Å². The minimum atomic E-state index is 0.182. The first-order valence-corrected chi connectivity index (χ1v) is 7.04. The van der Waals surface area contributed by atoms with Crippen LogP contribution in [-0.4, -0.2) is 9.97 Å². The average molecular weight is 270 g/mol. The van der Waals surface area contributed by atoms with Crippen LogP contribution >= 0.6 is 0 Å². The quantitative estimate of drug-likeness (QED) is 0.873. The SMILES string of the molecule is CCCc1c(N)ncnc1NC(C)c1ccccc1C. The molecule has 0 saturated carbocycles. The van der Waals surface area contributed by atoms with Crippen molar-refractivity contribution in [2.24, 2.45) is 0 Å². The zero-order valence-corrected chi connectivity index (χ0v) is 12.4. The van der Waals surface area contributed by atoms with Crippen molar-refractivity contribution in [2.75, 3.05) is 11.1 Å². The lowest BCUT2D eigenvalue weighted by molar-refractivity contribution is 0.842. The van der Waals surface area contributed by atoms with Gasteiger partial charge in [-0.15, -0.1) is 0 Å². The van der Waals surface area contributed by atoms with E-state index in [-0.39, 0.29) is 6.04 Å². The van der Waals surface area contributed by atoms with Crippen LogP contribution in [-0.2, 0) is 6.42 Å². The van der Waals surface area contributed by atoms with Crippen molar-refractivity contribution in [2.45, 2.75) is 39.7 Å². The molecule has 0 saturated heterocycles. The minimum absolute atomic E-state index is 0.182. The Morgan fingerprint density at radius 3 is 2.70 bits per heavy atom. The number of nitrogens with zero attached hydrogens (tertiary/aromatic N) is 2. The molecule has 0 spiro atoms. The van der Waals surface area contributed by atoms with Crippen molar-refractivity contribution in [3.63, 3.8) is 0 Å². The van der Waals surface area contributed by atoms with E-state index in [1.54, 1.807) is 0 Å². The molecule has 1 unspecified atom stereocenters. The maximum absolute atomic E-state index is 5.96. The third-order valence-corrected chi connectivity index (χ3v) is 3.49. The van der Waals surface area contributed by atoms with Crippen LogP contribution in [0.25, 0.3) is 0 Å². The van der Waals surface area contributed by atoms with Crippen LogP contribution in [0.15, 0.2) is 30.6 Å². The fourth-order valence-corrected chi connectivity index (χ4v) is 2.40. The first kappa shape index (κ1) is 14.3. The molecule has 1 heterocycles. The highest BCUT2D eigenvalue weighted by Gasteiger charge is 2.13. The van der Waals surface area contributed by atoms with E-state index in [0.717, 1.165) is 24.2 Å². The zero-order valence-electron chi connectivity index (χ0n) is 12.4. The second-order valence-electron chi connectivity index (χ2n) is 5.06. The van der Waals surface area contributed by atoms with Gasteiger partial charge in [-0.2, -0.15) is 0 Å². The minimum Gasteiger partial charge on any atom is -0.383 e. The maximum Gasteiger partial charge on any atom is 0.135 e. The number of benzene rings is 1. The molecule has 106 valence electrons. The Labute approximate surface area is 120 Å². The number of nitrogens with one attached hydrogen (secondary N) is 1. The van der Waals surface area contributed by atoms with Gasteiger partial charge in [-0.05, 0) is 31.4 Å². The van der Waals surface area contributed by atoms with Crippen molar-refractivity contribution in [3.05, 3.63) is 47.3 Å².